The second kappa shape index (κ2) is 7.56. The maximum Gasteiger partial charge on any atom is 0.257 e. The summed E-state index contributed by atoms with van der Waals surface area (Å²) in [5.74, 6) is 2.04. The fourth-order valence-electron chi connectivity index (χ4n) is 2.26. The highest BCUT2D eigenvalue weighted by atomic mass is 32.2. The molecule has 6 nitrogen and oxygen atoms in total. The van der Waals surface area contributed by atoms with Gasteiger partial charge in [0, 0.05) is 12.0 Å². The Bertz CT molecular complexity index is 1050. The Morgan fingerprint density at radius 2 is 2.19 bits per heavy atom. The summed E-state index contributed by atoms with van der Waals surface area (Å²) in [6.07, 6.45) is 4.34. The molecule has 1 amide bonds. The molecule has 26 heavy (non-hydrogen) atoms. The molecule has 0 atom stereocenters. The van der Waals surface area contributed by atoms with Crippen LogP contribution in [-0.2, 0) is 12.2 Å². The Morgan fingerprint density at radius 1 is 1.27 bits per heavy atom. The number of hydrogen-bond donors (Lipinski definition) is 1. The molecule has 0 aliphatic carbocycles. The number of anilines is 1. The molecule has 0 unspecified atom stereocenters. The topological polar surface area (TPSA) is 80.9 Å². The maximum atomic E-state index is 12.4. The summed E-state index contributed by atoms with van der Waals surface area (Å²) >= 11 is 4.53. The first-order valence-electron chi connectivity index (χ1n) is 7.88. The van der Waals surface area contributed by atoms with Crippen molar-refractivity contribution >= 4 is 55.7 Å². The smallest absolute Gasteiger partial charge is 0.257 e. The molecule has 3 aromatic heterocycles. The molecule has 1 N–H and O–H groups in total. The fraction of sp³-hybridized carbons (Fsp3) is 0.176. The van der Waals surface area contributed by atoms with Crippen LogP contribution < -0.4 is 5.32 Å². The van der Waals surface area contributed by atoms with Crippen molar-refractivity contribution in [2.45, 2.75) is 23.3 Å². The molecule has 0 spiro atoms. The Balaban J connectivity index is 1.38. The molecule has 132 valence electrons. The lowest BCUT2D eigenvalue weighted by Crippen LogP contribution is -2.11. The molecule has 0 fully saturated rings. The number of aryl methyl sites for hydroxylation is 1. The van der Waals surface area contributed by atoms with Crippen molar-refractivity contribution in [2.75, 3.05) is 5.32 Å². The molecule has 0 aliphatic heterocycles. The van der Waals surface area contributed by atoms with Crippen LogP contribution >= 0.6 is 34.4 Å². The monoisotopic (exact) mass is 402 g/mol. The summed E-state index contributed by atoms with van der Waals surface area (Å²) in [7, 11) is 0. The summed E-state index contributed by atoms with van der Waals surface area (Å²) in [6.45, 7) is 2.03. The lowest BCUT2D eigenvalue weighted by atomic mass is 10.2. The van der Waals surface area contributed by atoms with E-state index in [2.05, 4.69) is 20.3 Å². The van der Waals surface area contributed by atoms with Crippen LogP contribution in [0.1, 0.15) is 28.9 Å². The number of nitrogens with zero attached hydrogens (tertiary/aromatic N) is 3. The van der Waals surface area contributed by atoms with Gasteiger partial charge in [-0.15, -0.1) is 23.1 Å². The minimum atomic E-state index is -0.175. The molecule has 0 saturated heterocycles. The zero-order chi connectivity index (χ0) is 17.9. The number of thiazole rings is 2. The van der Waals surface area contributed by atoms with Crippen molar-refractivity contribution in [3.05, 3.63) is 53.3 Å². The van der Waals surface area contributed by atoms with Gasteiger partial charge in [-0.1, -0.05) is 18.3 Å². The van der Waals surface area contributed by atoms with Crippen LogP contribution in [0.2, 0.25) is 0 Å². The van der Waals surface area contributed by atoms with Crippen LogP contribution in [0.15, 0.2) is 44.7 Å². The molecule has 0 aliphatic rings. The molecule has 1 aromatic carbocycles. The van der Waals surface area contributed by atoms with Gasteiger partial charge in [-0.05, 0) is 18.2 Å². The van der Waals surface area contributed by atoms with E-state index < -0.39 is 0 Å². The van der Waals surface area contributed by atoms with Gasteiger partial charge in [-0.3, -0.25) is 10.1 Å². The van der Waals surface area contributed by atoms with Gasteiger partial charge >= 0.3 is 0 Å². The average Bonchev–Trinajstić information content (AvgIpc) is 3.39. The third-order valence-corrected chi connectivity index (χ3v) is 6.47. The van der Waals surface area contributed by atoms with Gasteiger partial charge in [-0.25, -0.2) is 15.0 Å². The normalized spacial score (nSPS) is 11.1. The Morgan fingerprint density at radius 3 is 3.04 bits per heavy atom. The molecule has 4 aromatic rings. The van der Waals surface area contributed by atoms with E-state index in [9.17, 15) is 4.79 Å². The van der Waals surface area contributed by atoms with Crippen molar-refractivity contribution in [1.82, 2.24) is 15.0 Å². The third-order valence-electron chi connectivity index (χ3n) is 3.59. The zero-order valence-corrected chi connectivity index (χ0v) is 16.2. The SMILES string of the molecule is CCc1cnc(CSc2cnc(NC(=O)c3ccc4ncsc4c3)s2)o1. The van der Waals surface area contributed by atoms with Crippen molar-refractivity contribution < 1.29 is 9.21 Å². The number of carbonyl (C=O) groups is 1. The number of nitrogens with one attached hydrogen (secondary N) is 1. The first-order valence-corrected chi connectivity index (χ1v) is 10.6. The number of hydrogen-bond acceptors (Lipinski definition) is 8. The summed E-state index contributed by atoms with van der Waals surface area (Å²) in [4.78, 5) is 25.1. The number of aromatic nitrogens is 3. The van der Waals surface area contributed by atoms with Crippen LogP contribution in [-0.4, -0.2) is 20.9 Å². The lowest BCUT2D eigenvalue weighted by Gasteiger charge is -2.01. The number of thioether (sulfide) groups is 1. The van der Waals surface area contributed by atoms with E-state index in [0.29, 0.717) is 22.3 Å². The van der Waals surface area contributed by atoms with Gasteiger partial charge in [0.15, 0.2) is 5.13 Å². The molecular formula is C17H14N4O2S3. The summed E-state index contributed by atoms with van der Waals surface area (Å²) < 4.78 is 7.58. The summed E-state index contributed by atoms with van der Waals surface area (Å²) in [5.41, 5.74) is 3.27. The van der Waals surface area contributed by atoms with Crippen LogP contribution in [0, 0.1) is 0 Å². The second-order valence-electron chi connectivity index (χ2n) is 5.34. The first kappa shape index (κ1) is 17.2. The highest BCUT2D eigenvalue weighted by molar-refractivity contribution is 8.00. The number of amides is 1. The average molecular weight is 403 g/mol. The van der Waals surface area contributed by atoms with Crippen molar-refractivity contribution in [3.8, 4) is 0 Å². The molecule has 3 heterocycles. The maximum absolute atomic E-state index is 12.4. The van der Waals surface area contributed by atoms with E-state index >= 15 is 0 Å². The van der Waals surface area contributed by atoms with E-state index in [1.54, 1.807) is 35.7 Å². The van der Waals surface area contributed by atoms with Crippen molar-refractivity contribution in [3.63, 3.8) is 0 Å². The highest BCUT2D eigenvalue weighted by Crippen LogP contribution is 2.31. The zero-order valence-electron chi connectivity index (χ0n) is 13.8. The van der Waals surface area contributed by atoms with E-state index in [4.69, 9.17) is 4.42 Å². The number of oxazole rings is 1. The molecule has 4 rings (SSSR count). The first-order chi connectivity index (χ1) is 12.7. The van der Waals surface area contributed by atoms with Gasteiger partial charge in [0.2, 0.25) is 5.89 Å². The van der Waals surface area contributed by atoms with Gasteiger partial charge < -0.3 is 4.42 Å². The Labute approximate surface area is 161 Å². The predicted molar refractivity (Wildman–Crippen MR) is 105 cm³/mol. The van der Waals surface area contributed by atoms with Gasteiger partial charge in [0.1, 0.15) is 5.76 Å². The lowest BCUT2D eigenvalue weighted by molar-refractivity contribution is 0.102. The minimum absolute atomic E-state index is 0.175. The molecule has 0 saturated carbocycles. The minimum Gasteiger partial charge on any atom is -0.445 e. The van der Waals surface area contributed by atoms with Crippen LogP contribution in [0.25, 0.3) is 10.2 Å². The third kappa shape index (κ3) is 3.79. The number of fused-ring (bicyclic) bond motifs is 1. The van der Waals surface area contributed by atoms with Crippen molar-refractivity contribution in [1.29, 1.82) is 0 Å². The van der Waals surface area contributed by atoms with E-state index in [1.807, 2.05) is 19.1 Å². The number of benzene rings is 1. The number of rotatable bonds is 6. The van der Waals surface area contributed by atoms with E-state index in [-0.39, 0.29) is 5.91 Å². The largest absolute Gasteiger partial charge is 0.445 e. The van der Waals surface area contributed by atoms with Gasteiger partial charge in [0.05, 0.1) is 38.1 Å². The van der Waals surface area contributed by atoms with Crippen LogP contribution in [0.3, 0.4) is 0 Å². The van der Waals surface area contributed by atoms with Gasteiger partial charge in [-0.2, -0.15) is 0 Å². The summed E-state index contributed by atoms with van der Waals surface area (Å²) in [5, 5.41) is 3.42. The highest BCUT2D eigenvalue weighted by Gasteiger charge is 2.11. The van der Waals surface area contributed by atoms with Crippen molar-refractivity contribution in [2.24, 2.45) is 0 Å². The quantitative estimate of drug-likeness (QED) is 0.465. The standard InChI is InChI=1S/C17H14N4O2S3/c1-2-11-6-18-14(23-11)8-24-15-7-19-17(26-15)21-16(22)10-3-4-12-13(5-10)25-9-20-12/h3-7,9H,2,8H2,1H3,(H,19,21,22). The number of carbonyl (C=O) groups excluding carboxylic acids is 1. The molecule has 0 bridgehead atoms. The molecular weight excluding hydrogens is 388 g/mol. The van der Waals surface area contributed by atoms with E-state index in [1.165, 1.54) is 22.7 Å². The van der Waals surface area contributed by atoms with E-state index in [0.717, 1.165) is 26.6 Å². The predicted octanol–water partition coefficient (Wildman–Crippen LogP) is 4.85. The second-order valence-corrected chi connectivity index (χ2v) is 8.53. The van der Waals surface area contributed by atoms with Crippen LogP contribution in [0.4, 0.5) is 5.13 Å². The summed E-state index contributed by atoms with van der Waals surface area (Å²) in [6, 6.07) is 5.47. The molecule has 0 radical (unpaired) electrons. The Kier molecular flexibility index (Phi) is 5.00. The molecule has 9 heteroatoms. The fourth-order valence-corrected chi connectivity index (χ4v) is 4.70. The Hall–Kier alpha value is -2.23. The van der Waals surface area contributed by atoms with Crippen LogP contribution in [0.5, 0.6) is 0 Å². The van der Waals surface area contributed by atoms with Gasteiger partial charge in [0.25, 0.3) is 5.91 Å².